The van der Waals surface area contributed by atoms with Gasteiger partial charge in [0.15, 0.2) is 0 Å². The number of rotatable bonds is 1. The molecule has 17 heavy (non-hydrogen) atoms. The van der Waals surface area contributed by atoms with Gasteiger partial charge in [0.1, 0.15) is 11.7 Å². The van der Waals surface area contributed by atoms with Crippen molar-refractivity contribution >= 4 is 0 Å². The first kappa shape index (κ1) is 13.4. The maximum absolute atomic E-state index is 5.74. The molecule has 1 saturated heterocycles. The predicted molar refractivity (Wildman–Crippen MR) is 69.6 cm³/mol. The van der Waals surface area contributed by atoms with Gasteiger partial charge in [0, 0.05) is 5.92 Å². The fourth-order valence-electron chi connectivity index (χ4n) is 4.61. The van der Waals surface area contributed by atoms with E-state index in [-0.39, 0.29) is 16.4 Å². The van der Waals surface area contributed by atoms with Gasteiger partial charge in [-0.15, -0.1) is 0 Å². The molecule has 2 unspecified atom stereocenters. The molecule has 2 atom stereocenters. The largest absolute Gasteiger partial charge is 0.229 e. The highest BCUT2D eigenvalue weighted by atomic mass is 17.3. The maximum atomic E-state index is 5.74. The molecule has 0 radical (unpaired) electrons. The van der Waals surface area contributed by atoms with Crippen molar-refractivity contribution in [1.29, 1.82) is 0 Å². The Hall–Kier alpha value is -0.0800. The Morgan fingerprint density at radius 3 is 1.94 bits per heavy atom. The fourth-order valence-corrected chi connectivity index (χ4v) is 4.61. The number of fused-ring (bicyclic) bond motifs is 1. The van der Waals surface area contributed by atoms with Crippen molar-refractivity contribution in [3.63, 3.8) is 0 Å². The predicted octanol–water partition coefficient (Wildman–Crippen LogP) is 4.34. The Kier molecular flexibility index (Phi) is 3.11. The van der Waals surface area contributed by atoms with E-state index < -0.39 is 0 Å². The van der Waals surface area contributed by atoms with E-state index in [4.69, 9.17) is 9.78 Å². The standard InChI is InChI=1S/C15H28O2/c1-13(2,3)12(14(4,5)6)15-10-8-7-9-11(15)16-17-15/h11-12H,7-10H2,1-6H3. The average molecular weight is 240 g/mol. The molecule has 0 aromatic rings. The molecule has 0 bridgehead atoms. The molecule has 2 nitrogen and oxygen atoms in total. The Balaban J connectivity index is 2.33. The second-order valence-electron chi connectivity index (χ2n) is 8.03. The van der Waals surface area contributed by atoms with E-state index in [1.54, 1.807) is 0 Å². The van der Waals surface area contributed by atoms with Crippen LogP contribution in [-0.4, -0.2) is 11.7 Å². The lowest BCUT2D eigenvalue weighted by Crippen LogP contribution is -2.67. The fraction of sp³-hybridized carbons (Fsp3) is 1.00. The summed E-state index contributed by atoms with van der Waals surface area (Å²) >= 11 is 0. The SMILES string of the molecule is CC(C)(C)C(C(C)(C)C)C12CCCCC1OO2. The molecule has 1 aliphatic heterocycles. The molecule has 1 heterocycles. The van der Waals surface area contributed by atoms with Crippen LogP contribution in [0, 0.1) is 16.7 Å². The van der Waals surface area contributed by atoms with E-state index in [1.165, 1.54) is 19.3 Å². The minimum Gasteiger partial charge on any atom is -0.229 e. The zero-order valence-electron chi connectivity index (χ0n) is 12.3. The van der Waals surface area contributed by atoms with Crippen LogP contribution in [0.5, 0.6) is 0 Å². The summed E-state index contributed by atoms with van der Waals surface area (Å²) in [6.45, 7) is 14.0. The molecule has 2 heteroatoms. The lowest BCUT2D eigenvalue weighted by Gasteiger charge is -2.60. The Morgan fingerprint density at radius 1 is 1.00 bits per heavy atom. The van der Waals surface area contributed by atoms with Gasteiger partial charge in [0.05, 0.1) is 0 Å². The first-order valence-electron chi connectivity index (χ1n) is 7.02. The summed E-state index contributed by atoms with van der Waals surface area (Å²) in [6.07, 6.45) is 5.23. The van der Waals surface area contributed by atoms with Crippen molar-refractivity contribution in [2.75, 3.05) is 0 Å². The molecule has 2 aliphatic rings. The van der Waals surface area contributed by atoms with E-state index in [0.29, 0.717) is 12.0 Å². The molecule has 1 aliphatic carbocycles. The average Bonchev–Trinajstić information content (AvgIpc) is 2.07. The van der Waals surface area contributed by atoms with Gasteiger partial charge in [0.25, 0.3) is 0 Å². The molecule has 1 saturated carbocycles. The number of hydrogen-bond acceptors (Lipinski definition) is 2. The van der Waals surface area contributed by atoms with Crippen molar-refractivity contribution in [1.82, 2.24) is 0 Å². The summed E-state index contributed by atoms with van der Waals surface area (Å²) in [5, 5.41) is 0. The van der Waals surface area contributed by atoms with Crippen LogP contribution in [0.4, 0.5) is 0 Å². The Morgan fingerprint density at radius 2 is 1.59 bits per heavy atom. The van der Waals surface area contributed by atoms with Crippen LogP contribution in [0.2, 0.25) is 0 Å². The zero-order chi connectivity index (χ0) is 12.9. The molecule has 0 aromatic carbocycles. The number of hydrogen-bond donors (Lipinski definition) is 0. The van der Waals surface area contributed by atoms with Crippen LogP contribution in [0.25, 0.3) is 0 Å². The van der Waals surface area contributed by atoms with E-state index >= 15 is 0 Å². The first-order chi connectivity index (χ1) is 7.68. The van der Waals surface area contributed by atoms with Crippen LogP contribution in [0.3, 0.4) is 0 Å². The molecule has 0 spiro atoms. The van der Waals surface area contributed by atoms with Crippen LogP contribution < -0.4 is 0 Å². The lowest BCUT2D eigenvalue weighted by molar-refractivity contribution is -0.537. The van der Waals surface area contributed by atoms with Gasteiger partial charge in [-0.2, -0.15) is 0 Å². The topological polar surface area (TPSA) is 18.5 Å². The van der Waals surface area contributed by atoms with Gasteiger partial charge in [-0.3, -0.25) is 0 Å². The van der Waals surface area contributed by atoms with Crippen LogP contribution in [0.1, 0.15) is 67.2 Å². The van der Waals surface area contributed by atoms with Crippen molar-refractivity contribution in [3.05, 3.63) is 0 Å². The third kappa shape index (κ3) is 2.15. The minimum absolute atomic E-state index is 0.0191. The molecule has 0 aromatic heterocycles. The molecular weight excluding hydrogens is 212 g/mol. The zero-order valence-corrected chi connectivity index (χ0v) is 12.3. The third-order valence-electron chi connectivity index (χ3n) is 4.37. The second-order valence-corrected chi connectivity index (χ2v) is 8.03. The second kappa shape index (κ2) is 3.96. The summed E-state index contributed by atoms with van der Waals surface area (Å²) < 4.78 is 0. The van der Waals surface area contributed by atoms with E-state index in [2.05, 4.69) is 41.5 Å². The van der Waals surface area contributed by atoms with Gasteiger partial charge in [-0.1, -0.05) is 54.4 Å². The molecule has 2 fully saturated rings. The van der Waals surface area contributed by atoms with E-state index in [0.717, 1.165) is 6.42 Å². The third-order valence-corrected chi connectivity index (χ3v) is 4.37. The van der Waals surface area contributed by atoms with Gasteiger partial charge in [-0.25, -0.2) is 9.78 Å². The summed E-state index contributed by atoms with van der Waals surface area (Å²) in [5.41, 5.74) is 0.476. The van der Waals surface area contributed by atoms with Crippen molar-refractivity contribution in [2.24, 2.45) is 16.7 Å². The van der Waals surface area contributed by atoms with Gasteiger partial charge in [0.2, 0.25) is 0 Å². The first-order valence-corrected chi connectivity index (χ1v) is 7.02. The summed E-state index contributed by atoms with van der Waals surface area (Å²) in [6, 6.07) is 0. The highest BCUT2D eigenvalue weighted by Gasteiger charge is 2.62. The van der Waals surface area contributed by atoms with Crippen LogP contribution in [-0.2, 0) is 9.78 Å². The molecule has 2 rings (SSSR count). The van der Waals surface area contributed by atoms with E-state index in [9.17, 15) is 0 Å². The maximum Gasteiger partial charge on any atom is 0.136 e. The summed E-state index contributed by atoms with van der Waals surface area (Å²) in [5.74, 6) is 0.529. The normalized spacial score (nSPS) is 34.4. The van der Waals surface area contributed by atoms with Crippen molar-refractivity contribution in [3.8, 4) is 0 Å². The van der Waals surface area contributed by atoms with Gasteiger partial charge < -0.3 is 0 Å². The smallest absolute Gasteiger partial charge is 0.136 e. The molecule has 100 valence electrons. The van der Waals surface area contributed by atoms with Crippen molar-refractivity contribution in [2.45, 2.75) is 78.9 Å². The highest BCUT2D eigenvalue weighted by molar-refractivity contribution is 5.07. The van der Waals surface area contributed by atoms with Crippen LogP contribution in [0.15, 0.2) is 0 Å². The van der Waals surface area contributed by atoms with Crippen molar-refractivity contribution < 1.29 is 9.78 Å². The summed E-state index contributed by atoms with van der Waals surface area (Å²) in [4.78, 5) is 11.1. The van der Waals surface area contributed by atoms with Gasteiger partial charge >= 0.3 is 0 Å². The van der Waals surface area contributed by atoms with Crippen LogP contribution >= 0.6 is 0 Å². The minimum atomic E-state index is -0.0191. The highest BCUT2D eigenvalue weighted by Crippen LogP contribution is 2.57. The Bertz CT molecular complexity index is 270. The lowest BCUT2D eigenvalue weighted by atomic mass is 9.55. The monoisotopic (exact) mass is 240 g/mol. The summed E-state index contributed by atoms with van der Waals surface area (Å²) in [7, 11) is 0. The quantitative estimate of drug-likeness (QED) is 0.635. The van der Waals surface area contributed by atoms with E-state index in [1.807, 2.05) is 0 Å². The Labute approximate surface area is 106 Å². The molecular formula is C15H28O2. The van der Waals surface area contributed by atoms with Gasteiger partial charge in [-0.05, 0) is 23.7 Å². The molecule has 0 N–H and O–H groups in total. The molecule has 0 amide bonds.